The lowest BCUT2D eigenvalue weighted by molar-refractivity contribution is -0.121. The van der Waals surface area contributed by atoms with Crippen LogP contribution in [-0.2, 0) is 11.3 Å². The summed E-state index contributed by atoms with van der Waals surface area (Å²) in [7, 11) is 1.57. The maximum Gasteiger partial charge on any atom is 0.223 e. The Morgan fingerprint density at radius 1 is 1.39 bits per heavy atom. The van der Waals surface area contributed by atoms with Crippen molar-refractivity contribution in [3.63, 3.8) is 0 Å². The Kier molecular flexibility index (Phi) is 6.14. The predicted octanol–water partition coefficient (Wildman–Crippen LogP) is 1.45. The molecule has 2 N–H and O–H groups in total. The fourth-order valence-corrected chi connectivity index (χ4v) is 1.46. The summed E-state index contributed by atoms with van der Waals surface area (Å²) in [4.78, 5) is 11.0. The van der Waals surface area contributed by atoms with E-state index in [2.05, 4.69) is 10.6 Å². The van der Waals surface area contributed by atoms with Gasteiger partial charge in [0, 0.05) is 19.7 Å². The van der Waals surface area contributed by atoms with Gasteiger partial charge in [-0.3, -0.25) is 4.79 Å². The normalized spacial score (nSPS) is 10.2. The third-order valence-electron chi connectivity index (χ3n) is 2.39. The first-order valence-corrected chi connectivity index (χ1v) is 5.99. The standard InChI is InChI=1S/C13H19FN2O2/c1-3-16-9-10-6-11(14)8-12(7-10)18-5-4-13(17)15-2/h6-8,16H,3-5,9H2,1-2H3,(H,15,17). The molecule has 0 fully saturated rings. The van der Waals surface area contributed by atoms with Crippen molar-refractivity contribution in [2.45, 2.75) is 19.9 Å². The van der Waals surface area contributed by atoms with E-state index in [0.29, 0.717) is 12.3 Å². The molecule has 100 valence electrons. The largest absolute Gasteiger partial charge is 0.493 e. The highest BCUT2D eigenvalue weighted by Gasteiger charge is 2.03. The second-order valence-corrected chi connectivity index (χ2v) is 3.85. The van der Waals surface area contributed by atoms with E-state index in [-0.39, 0.29) is 24.8 Å². The molecule has 0 radical (unpaired) electrons. The number of carbonyl (C=O) groups excluding carboxylic acids is 1. The van der Waals surface area contributed by atoms with E-state index in [0.717, 1.165) is 12.1 Å². The SMILES string of the molecule is CCNCc1cc(F)cc(OCCC(=O)NC)c1. The van der Waals surface area contributed by atoms with Crippen LogP contribution >= 0.6 is 0 Å². The van der Waals surface area contributed by atoms with Crippen LogP contribution in [0.4, 0.5) is 4.39 Å². The zero-order valence-electron chi connectivity index (χ0n) is 10.8. The van der Waals surface area contributed by atoms with Gasteiger partial charge in [0.2, 0.25) is 5.91 Å². The fraction of sp³-hybridized carbons (Fsp3) is 0.462. The van der Waals surface area contributed by atoms with Crippen molar-refractivity contribution in [2.24, 2.45) is 0 Å². The third-order valence-corrected chi connectivity index (χ3v) is 2.39. The van der Waals surface area contributed by atoms with Crippen molar-refractivity contribution < 1.29 is 13.9 Å². The number of amides is 1. The number of nitrogens with one attached hydrogen (secondary N) is 2. The second kappa shape index (κ2) is 7.66. The molecule has 0 atom stereocenters. The highest BCUT2D eigenvalue weighted by molar-refractivity contribution is 5.75. The number of halogens is 1. The summed E-state index contributed by atoms with van der Waals surface area (Å²) in [6.07, 6.45) is 0.259. The molecule has 0 heterocycles. The van der Waals surface area contributed by atoms with Crippen molar-refractivity contribution in [2.75, 3.05) is 20.2 Å². The van der Waals surface area contributed by atoms with E-state index in [9.17, 15) is 9.18 Å². The summed E-state index contributed by atoms with van der Waals surface area (Å²) in [5.41, 5.74) is 0.826. The van der Waals surface area contributed by atoms with Gasteiger partial charge < -0.3 is 15.4 Å². The molecule has 1 aromatic rings. The summed E-state index contributed by atoms with van der Waals surface area (Å²) in [6, 6.07) is 4.56. The van der Waals surface area contributed by atoms with Gasteiger partial charge in [0.25, 0.3) is 0 Å². The molecule has 1 aromatic carbocycles. The van der Waals surface area contributed by atoms with Gasteiger partial charge in [0.1, 0.15) is 11.6 Å². The van der Waals surface area contributed by atoms with Gasteiger partial charge >= 0.3 is 0 Å². The van der Waals surface area contributed by atoms with Gasteiger partial charge in [0.15, 0.2) is 0 Å². The van der Waals surface area contributed by atoms with Crippen molar-refractivity contribution in [3.05, 3.63) is 29.6 Å². The Labute approximate surface area is 107 Å². The Balaban J connectivity index is 2.54. The van der Waals surface area contributed by atoms with Crippen LogP contribution in [0.2, 0.25) is 0 Å². The highest BCUT2D eigenvalue weighted by atomic mass is 19.1. The maximum absolute atomic E-state index is 13.3. The van der Waals surface area contributed by atoms with E-state index in [1.165, 1.54) is 12.1 Å². The average molecular weight is 254 g/mol. The average Bonchev–Trinajstić information content (AvgIpc) is 2.35. The van der Waals surface area contributed by atoms with Crippen LogP contribution in [0.5, 0.6) is 5.75 Å². The number of hydrogen-bond donors (Lipinski definition) is 2. The third kappa shape index (κ3) is 5.14. The van der Waals surface area contributed by atoms with Crippen LogP contribution in [0.25, 0.3) is 0 Å². The zero-order valence-corrected chi connectivity index (χ0v) is 10.8. The summed E-state index contributed by atoms with van der Waals surface area (Å²) in [5.74, 6) is 0.0198. The summed E-state index contributed by atoms with van der Waals surface area (Å²) in [6.45, 7) is 3.65. The molecule has 1 amide bonds. The molecule has 0 unspecified atom stereocenters. The molecule has 0 aliphatic carbocycles. The fourth-order valence-electron chi connectivity index (χ4n) is 1.46. The van der Waals surface area contributed by atoms with Gasteiger partial charge in [-0.2, -0.15) is 0 Å². The van der Waals surface area contributed by atoms with Crippen molar-refractivity contribution in [1.29, 1.82) is 0 Å². The first kappa shape index (κ1) is 14.4. The molecule has 0 aliphatic rings. The summed E-state index contributed by atoms with van der Waals surface area (Å²) < 4.78 is 18.7. The highest BCUT2D eigenvalue weighted by Crippen LogP contribution is 2.16. The van der Waals surface area contributed by atoms with Crippen LogP contribution < -0.4 is 15.4 Å². The number of rotatable bonds is 7. The van der Waals surface area contributed by atoms with Crippen LogP contribution in [0.15, 0.2) is 18.2 Å². The number of hydrogen-bond acceptors (Lipinski definition) is 3. The molecule has 0 saturated heterocycles. The lowest BCUT2D eigenvalue weighted by Gasteiger charge is -2.08. The van der Waals surface area contributed by atoms with Crippen LogP contribution in [0, 0.1) is 5.82 Å². The Morgan fingerprint density at radius 2 is 2.17 bits per heavy atom. The molecule has 0 aromatic heterocycles. The number of carbonyl (C=O) groups is 1. The molecule has 0 aliphatic heterocycles. The summed E-state index contributed by atoms with van der Waals surface area (Å²) >= 11 is 0. The van der Waals surface area contributed by atoms with Gasteiger partial charge in [-0.25, -0.2) is 4.39 Å². The second-order valence-electron chi connectivity index (χ2n) is 3.85. The molecule has 5 heteroatoms. The Bertz CT molecular complexity index is 397. The summed E-state index contributed by atoms with van der Waals surface area (Å²) in [5, 5.41) is 5.61. The van der Waals surface area contributed by atoms with Gasteiger partial charge in [-0.1, -0.05) is 6.92 Å². The zero-order chi connectivity index (χ0) is 13.4. The quantitative estimate of drug-likeness (QED) is 0.774. The lowest BCUT2D eigenvalue weighted by Crippen LogP contribution is -2.20. The first-order valence-electron chi connectivity index (χ1n) is 5.99. The Morgan fingerprint density at radius 3 is 2.83 bits per heavy atom. The number of benzene rings is 1. The minimum atomic E-state index is -0.333. The minimum Gasteiger partial charge on any atom is -0.493 e. The number of ether oxygens (including phenoxy) is 1. The van der Waals surface area contributed by atoms with E-state index < -0.39 is 0 Å². The molecule has 1 rings (SSSR count). The van der Waals surface area contributed by atoms with E-state index in [4.69, 9.17) is 4.74 Å². The van der Waals surface area contributed by atoms with E-state index in [1.54, 1.807) is 13.1 Å². The molecular formula is C13H19FN2O2. The van der Waals surface area contributed by atoms with Crippen LogP contribution in [0.3, 0.4) is 0 Å². The molecule has 0 spiro atoms. The van der Waals surface area contributed by atoms with Crippen molar-refractivity contribution >= 4 is 5.91 Å². The minimum absolute atomic E-state index is 0.0979. The lowest BCUT2D eigenvalue weighted by atomic mass is 10.2. The first-order chi connectivity index (χ1) is 8.65. The smallest absolute Gasteiger partial charge is 0.223 e. The van der Waals surface area contributed by atoms with E-state index in [1.807, 2.05) is 6.92 Å². The monoisotopic (exact) mass is 254 g/mol. The van der Waals surface area contributed by atoms with E-state index >= 15 is 0 Å². The topological polar surface area (TPSA) is 50.4 Å². The van der Waals surface area contributed by atoms with Gasteiger partial charge in [-0.15, -0.1) is 0 Å². The molecule has 4 nitrogen and oxygen atoms in total. The van der Waals surface area contributed by atoms with Crippen LogP contribution in [-0.4, -0.2) is 26.1 Å². The molecular weight excluding hydrogens is 235 g/mol. The van der Waals surface area contributed by atoms with Gasteiger partial charge in [-0.05, 0) is 24.2 Å². The van der Waals surface area contributed by atoms with Crippen molar-refractivity contribution in [1.82, 2.24) is 10.6 Å². The Hall–Kier alpha value is -1.62. The van der Waals surface area contributed by atoms with Gasteiger partial charge in [0.05, 0.1) is 13.0 Å². The van der Waals surface area contributed by atoms with Crippen LogP contribution in [0.1, 0.15) is 18.9 Å². The van der Waals surface area contributed by atoms with Crippen molar-refractivity contribution in [3.8, 4) is 5.75 Å². The maximum atomic E-state index is 13.3. The predicted molar refractivity (Wildman–Crippen MR) is 68.0 cm³/mol. The molecule has 18 heavy (non-hydrogen) atoms. The molecule has 0 bridgehead atoms. The molecule has 0 saturated carbocycles.